The molecular formula is C14H19NO2. The van der Waals surface area contributed by atoms with Crippen molar-refractivity contribution in [2.24, 2.45) is 5.41 Å². The summed E-state index contributed by atoms with van der Waals surface area (Å²) in [4.78, 5) is 16.0. The molecule has 92 valence electrons. The highest BCUT2D eigenvalue weighted by molar-refractivity contribution is 5.76. The number of hydroxylamine groups is 1. The van der Waals surface area contributed by atoms with Crippen molar-refractivity contribution in [3.05, 3.63) is 42.0 Å². The molecule has 1 N–H and O–H groups in total. The normalized spacial score (nSPS) is 11.7. The molecule has 3 heteroatoms. The summed E-state index contributed by atoms with van der Waals surface area (Å²) in [6, 6.07) is 10.0. The highest BCUT2D eigenvalue weighted by atomic mass is 16.6. The minimum absolute atomic E-state index is 0.116. The van der Waals surface area contributed by atoms with Gasteiger partial charge in [-0.1, -0.05) is 56.3 Å². The van der Waals surface area contributed by atoms with Crippen molar-refractivity contribution in [3.63, 3.8) is 0 Å². The Morgan fingerprint density at radius 3 is 2.59 bits per heavy atom. The average molecular weight is 233 g/mol. The van der Waals surface area contributed by atoms with Gasteiger partial charge in [0.05, 0.1) is 7.11 Å². The van der Waals surface area contributed by atoms with Crippen LogP contribution in [0.2, 0.25) is 0 Å². The van der Waals surface area contributed by atoms with Crippen molar-refractivity contribution >= 4 is 12.0 Å². The van der Waals surface area contributed by atoms with Crippen LogP contribution in [-0.2, 0) is 9.63 Å². The lowest BCUT2D eigenvalue weighted by atomic mass is 9.88. The standard InChI is InChI=1S/C14H19NO2/c1-14(2,11-13(16)15-17-3)10-9-12-7-5-4-6-8-12/h4-10H,11H2,1-3H3,(H,15,16)/b10-9+. The average Bonchev–Trinajstić information content (AvgIpc) is 2.27. The molecule has 0 aliphatic heterocycles. The van der Waals surface area contributed by atoms with Crippen molar-refractivity contribution < 1.29 is 9.63 Å². The van der Waals surface area contributed by atoms with Crippen molar-refractivity contribution in [2.75, 3.05) is 7.11 Å². The first-order valence-electron chi connectivity index (χ1n) is 5.59. The molecule has 0 spiro atoms. The van der Waals surface area contributed by atoms with Gasteiger partial charge < -0.3 is 0 Å². The van der Waals surface area contributed by atoms with Crippen molar-refractivity contribution in [2.45, 2.75) is 20.3 Å². The lowest BCUT2D eigenvalue weighted by molar-refractivity contribution is -0.132. The summed E-state index contributed by atoms with van der Waals surface area (Å²) in [7, 11) is 1.44. The van der Waals surface area contributed by atoms with Crippen LogP contribution in [0.1, 0.15) is 25.8 Å². The number of carbonyl (C=O) groups excluding carboxylic acids is 1. The maximum Gasteiger partial charge on any atom is 0.244 e. The Hall–Kier alpha value is -1.61. The molecular weight excluding hydrogens is 214 g/mol. The van der Waals surface area contributed by atoms with Gasteiger partial charge in [0.1, 0.15) is 0 Å². The molecule has 0 unspecified atom stereocenters. The number of nitrogens with one attached hydrogen (secondary N) is 1. The van der Waals surface area contributed by atoms with Gasteiger partial charge in [-0.15, -0.1) is 0 Å². The van der Waals surface area contributed by atoms with Crippen LogP contribution in [0.5, 0.6) is 0 Å². The van der Waals surface area contributed by atoms with E-state index in [9.17, 15) is 4.79 Å². The lowest BCUT2D eigenvalue weighted by Gasteiger charge is -2.18. The fourth-order valence-corrected chi connectivity index (χ4v) is 1.51. The fraction of sp³-hybridized carbons (Fsp3) is 0.357. The Balaban J connectivity index is 2.60. The van der Waals surface area contributed by atoms with E-state index in [4.69, 9.17) is 0 Å². The monoisotopic (exact) mass is 233 g/mol. The van der Waals surface area contributed by atoms with Gasteiger partial charge in [0.15, 0.2) is 0 Å². The molecule has 0 fully saturated rings. The van der Waals surface area contributed by atoms with Crippen molar-refractivity contribution in [3.8, 4) is 0 Å². The van der Waals surface area contributed by atoms with Crippen LogP contribution in [0.3, 0.4) is 0 Å². The molecule has 1 rings (SSSR count). The summed E-state index contributed by atoms with van der Waals surface area (Å²) < 4.78 is 0. The van der Waals surface area contributed by atoms with E-state index in [-0.39, 0.29) is 11.3 Å². The quantitative estimate of drug-likeness (QED) is 0.794. The highest BCUT2D eigenvalue weighted by Crippen LogP contribution is 2.23. The zero-order chi connectivity index (χ0) is 12.7. The molecule has 1 aromatic rings. The maximum absolute atomic E-state index is 11.4. The Labute approximate surface area is 102 Å². The minimum Gasteiger partial charge on any atom is -0.277 e. The molecule has 0 aliphatic rings. The van der Waals surface area contributed by atoms with E-state index < -0.39 is 0 Å². The van der Waals surface area contributed by atoms with Gasteiger partial charge in [-0.25, -0.2) is 5.48 Å². The Morgan fingerprint density at radius 1 is 1.35 bits per heavy atom. The number of amides is 1. The first kappa shape index (κ1) is 13.5. The van der Waals surface area contributed by atoms with Gasteiger partial charge in [-0.2, -0.15) is 0 Å². The highest BCUT2D eigenvalue weighted by Gasteiger charge is 2.18. The molecule has 0 bridgehead atoms. The Morgan fingerprint density at radius 2 is 2.00 bits per heavy atom. The van der Waals surface area contributed by atoms with Gasteiger partial charge in [0, 0.05) is 6.42 Å². The third-order valence-electron chi connectivity index (χ3n) is 2.36. The number of rotatable bonds is 5. The van der Waals surface area contributed by atoms with Crippen LogP contribution in [0.15, 0.2) is 36.4 Å². The second kappa shape index (κ2) is 6.21. The van der Waals surface area contributed by atoms with Gasteiger partial charge in [0.2, 0.25) is 5.91 Å². The zero-order valence-corrected chi connectivity index (χ0v) is 10.6. The molecule has 0 atom stereocenters. The number of hydrogen-bond donors (Lipinski definition) is 1. The van der Waals surface area contributed by atoms with Gasteiger partial charge >= 0.3 is 0 Å². The summed E-state index contributed by atoms with van der Waals surface area (Å²) >= 11 is 0. The smallest absolute Gasteiger partial charge is 0.244 e. The van der Waals surface area contributed by atoms with E-state index in [2.05, 4.69) is 10.3 Å². The number of carbonyl (C=O) groups is 1. The largest absolute Gasteiger partial charge is 0.277 e. The summed E-state index contributed by atoms with van der Waals surface area (Å²) in [5.74, 6) is -0.116. The SMILES string of the molecule is CONC(=O)CC(C)(C)/C=C/c1ccccc1. The molecule has 1 aromatic carbocycles. The van der Waals surface area contributed by atoms with E-state index in [1.165, 1.54) is 7.11 Å². The van der Waals surface area contributed by atoms with E-state index in [1.54, 1.807) is 0 Å². The first-order chi connectivity index (χ1) is 8.03. The zero-order valence-electron chi connectivity index (χ0n) is 10.6. The minimum atomic E-state index is -0.196. The number of allylic oxidation sites excluding steroid dienone is 1. The summed E-state index contributed by atoms with van der Waals surface area (Å²) in [6.45, 7) is 4.03. The molecule has 0 heterocycles. The molecule has 0 aliphatic carbocycles. The van der Waals surface area contributed by atoms with Crippen LogP contribution in [0, 0.1) is 5.41 Å². The van der Waals surface area contributed by atoms with Gasteiger partial charge in [-0.05, 0) is 11.0 Å². The van der Waals surface area contributed by atoms with E-state index in [0.717, 1.165) is 5.56 Å². The van der Waals surface area contributed by atoms with Crippen LogP contribution >= 0.6 is 0 Å². The third-order valence-corrected chi connectivity index (χ3v) is 2.36. The molecule has 0 aromatic heterocycles. The number of hydrogen-bond acceptors (Lipinski definition) is 2. The van der Waals surface area contributed by atoms with Crippen molar-refractivity contribution in [1.82, 2.24) is 5.48 Å². The van der Waals surface area contributed by atoms with Gasteiger partial charge in [-0.3, -0.25) is 9.63 Å². The van der Waals surface area contributed by atoms with E-state index >= 15 is 0 Å². The topological polar surface area (TPSA) is 38.3 Å². The maximum atomic E-state index is 11.4. The molecule has 3 nitrogen and oxygen atoms in total. The van der Waals surface area contributed by atoms with Crippen molar-refractivity contribution in [1.29, 1.82) is 0 Å². The molecule has 0 radical (unpaired) electrons. The second-order valence-corrected chi connectivity index (χ2v) is 4.64. The Kier molecular flexibility index (Phi) is 4.91. The van der Waals surface area contributed by atoms with E-state index in [0.29, 0.717) is 6.42 Å². The molecule has 17 heavy (non-hydrogen) atoms. The lowest BCUT2D eigenvalue weighted by Crippen LogP contribution is -2.26. The Bertz CT molecular complexity index is 382. The van der Waals surface area contributed by atoms with Crippen LogP contribution in [0.4, 0.5) is 0 Å². The van der Waals surface area contributed by atoms with E-state index in [1.807, 2.05) is 56.3 Å². The fourth-order valence-electron chi connectivity index (χ4n) is 1.51. The number of benzene rings is 1. The van der Waals surface area contributed by atoms with Crippen LogP contribution < -0.4 is 5.48 Å². The van der Waals surface area contributed by atoms with Crippen LogP contribution in [-0.4, -0.2) is 13.0 Å². The van der Waals surface area contributed by atoms with Gasteiger partial charge in [0.25, 0.3) is 0 Å². The summed E-state index contributed by atoms with van der Waals surface area (Å²) in [5.41, 5.74) is 3.26. The third kappa shape index (κ3) is 5.31. The predicted octanol–water partition coefficient (Wildman–Crippen LogP) is 2.79. The predicted molar refractivity (Wildman–Crippen MR) is 69.0 cm³/mol. The second-order valence-electron chi connectivity index (χ2n) is 4.64. The summed E-state index contributed by atoms with van der Waals surface area (Å²) in [5, 5.41) is 0. The first-order valence-corrected chi connectivity index (χ1v) is 5.59. The molecule has 0 saturated carbocycles. The summed E-state index contributed by atoms with van der Waals surface area (Å²) in [6.07, 6.45) is 4.46. The molecule has 1 amide bonds. The molecule has 0 saturated heterocycles. The van der Waals surface area contributed by atoms with Crippen LogP contribution in [0.25, 0.3) is 6.08 Å².